The molecule has 1 aliphatic rings. The van der Waals surface area contributed by atoms with Gasteiger partial charge in [-0.2, -0.15) is 0 Å². The van der Waals surface area contributed by atoms with Gasteiger partial charge in [0.2, 0.25) is 0 Å². The molecule has 0 saturated carbocycles. The van der Waals surface area contributed by atoms with Crippen molar-refractivity contribution in [1.82, 2.24) is 9.62 Å². The Kier molecular flexibility index (Phi) is 6.90. The van der Waals surface area contributed by atoms with Gasteiger partial charge in [0.1, 0.15) is 0 Å². The summed E-state index contributed by atoms with van der Waals surface area (Å²) in [4.78, 5) is 5.01. The Hall–Kier alpha value is -1.00. The smallest absolute Gasteiger partial charge is 0.254 e. The molecule has 0 N–H and O–H groups in total. The topological polar surface area (TPSA) is 6.48 Å². The summed E-state index contributed by atoms with van der Waals surface area (Å²) >= 11 is 0. The lowest BCUT2D eigenvalue weighted by Gasteiger charge is -2.30. The summed E-state index contributed by atoms with van der Waals surface area (Å²) in [7, 11) is 8.12. The molecule has 29 heavy (non-hydrogen) atoms. The molecule has 0 aromatic heterocycles. The molecule has 0 aliphatic carbocycles. The van der Waals surface area contributed by atoms with Crippen LogP contribution < -0.4 is 15.9 Å². The molecule has 1 aliphatic heterocycles. The Bertz CT molecular complexity index is 856. The van der Waals surface area contributed by atoms with Gasteiger partial charge >= 0.3 is 0 Å². The molecule has 2 unspecified atom stereocenters. The largest absolute Gasteiger partial charge is 0.347 e. The lowest BCUT2D eigenvalue weighted by atomic mass is 9.50. The summed E-state index contributed by atoms with van der Waals surface area (Å²) in [5.74, 6) is 0. The van der Waals surface area contributed by atoms with Crippen molar-refractivity contribution in [2.75, 3.05) is 28.2 Å². The predicted molar refractivity (Wildman–Crippen MR) is 138 cm³/mol. The third-order valence-electron chi connectivity index (χ3n) is 5.26. The summed E-state index contributed by atoms with van der Waals surface area (Å²) in [6, 6.07) is 34.0. The van der Waals surface area contributed by atoms with Crippen molar-refractivity contribution in [2.45, 2.75) is 0 Å². The van der Waals surface area contributed by atoms with Gasteiger partial charge in [-0.25, -0.2) is 0 Å². The standard InChI is InChI=1S/C22H27B2N2P3/c1-25(2)23-24(26(3)4)28(21-16-10-6-11-17-21)29(22-18-12-7-13-19-22)27(23)20-14-8-5-9-15-20/h5-19H,1-4H3. The van der Waals surface area contributed by atoms with Crippen molar-refractivity contribution in [1.29, 1.82) is 0 Å². The molecule has 2 nitrogen and oxygen atoms in total. The van der Waals surface area contributed by atoms with Crippen LogP contribution in [0.2, 0.25) is 0 Å². The number of hydrogen-bond donors (Lipinski definition) is 0. The molecule has 1 heterocycles. The van der Waals surface area contributed by atoms with E-state index in [-0.39, 0.29) is 22.3 Å². The molecule has 1 saturated heterocycles. The number of benzene rings is 3. The van der Waals surface area contributed by atoms with Crippen LogP contribution in [-0.2, 0) is 0 Å². The number of nitrogens with zero attached hydrogens (tertiary/aromatic N) is 2. The highest BCUT2D eigenvalue weighted by Gasteiger charge is 2.58. The van der Waals surface area contributed by atoms with Crippen LogP contribution in [0, 0.1) is 0 Å². The Morgan fingerprint density at radius 1 is 0.483 bits per heavy atom. The number of hydrogen-bond acceptors (Lipinski definition) is 2. The minimum absolute atomic E-state index is 0.317. The molecule has 0 radical (unpaired) electrons. The van der Waals surface area contributed by atoms with E-state index >= 15 is 0 Å². The highest BCUT2D eigenvalue weighted by molar-refractivity contribution is 8.84. The second-order valence-electron chi connectivity index (χ2n) is 7.74. The summed E-state index contributed by atoms with van der Waals surface area (Å²) in [5.41, 5.74) is 0. The highest BCUT2D eigenvalue weighted by atomic mass is 32.5. The molecular formula is C22H27B2N2P3. The van der Waals surface area contributed by atoms with Gasteiger partial charge in [-0.15, -0.1) is 0 Å². The molecule has 146 valence electrons. The summed E-state index contributed by atoms with van der Waals surface area (Å²) < 4.78 is 0. The van der Waals surface area contributed by atoms with E-state index in [4.69, 9.17) is 0 Å². The average molecular weight is 434 g/mol. The van der Waals surface area contributed by atoms with Gasteiger partial charge < -0.3 is 9.62 Å². The first kappa shape index (κ1) is 21.2. The molecule has 0 spiro atoms. The monoisotopic (exact) mass is 434 g/mol. The maximum atomic E-state index is 2.51. The van der Waals surface area contributed by atoms with Crippen LogP contribution in [0.4, 0.5) is 0 Å². The van der Waals surface area contributed by atoms with Gasteiger partial charge in [0, 0.05) is 0 Å². The Morgan fingerprint density at radius 3 is 1.10 bits per heavy atom. The van der Waals surface area contributed by atoms with E-state index in [2.05, 4.69) is 129 Å². The van der Waals surface area contributed by atoms with E-state index in [0.29, 0.717) is 12.9 Å². The molecule has 4 rings (SSSR count). The third-order valence-corrected chi connectivity index (χ3v) is 21.3. The number of rotatable bonds is 5. The SMILES string of the molecule is CN(C)B1B(N(C)C)P(c2ccccc2)P(c2ccccc2)P1c1ccccc1. The zero-order valence-electron chi connectivity index (χ0n) is 17.6. The van der Waals surface area contributed by atoms with Gasteiger partial charge in [0.15, 0.2) is 0 Å². The van der Waals surface area contributed by atoms with Gasteiger partial charge in [-0.3, -0.25) is 0 Å². The van der Waals surface area contributed by atoms with E-state index in [9.17, 15) is 0 Å². The second-order valence-corrected chi connectivity index (χ2v) is 18.2. The van der Waals surface area contributed by atoms with E-state index in [1.807, 2.05) is 0 Å². The lowest BCUT2D eigenvalue weighted by molar-refractivity contribution is 0.640. The minimum Gasteiger partial charge on any atom is -0.347 e. The van der Waals surface area contributed by atoms with Crippen molar-refractivity contribution in [3.63, 3.8) is 0 Å². The molecule has 0 amide bonds. The molecule has 3 aromatic rings. The maximum absolute atomic E-state index is 2.51. The van der Waals surface area contributed by atoms with Crippen LogP contribution >= 0.6 is 22.3 Å². The van der Waals surface area contributed by atoms with Crippen LogP contribution in [0.25, 0.3) is 0 Å². The maximum Gasteiger partial charge on any atom is 0.254 e. The van der Waals surface area contributed by atoms with Crippen LogP contribution in [-0.4, -0.2) is 50.7 Å². The highest BCUT2D eigenvalue weighted by Crippen LogP contribution is 2.91. The van der Waals surface area contributed by atoms with Crippen molar-refractivity contribution in [3.05, 3.63) is 91.0 Å². The first-order valence-corrected chi connectivity index (χ1v) is 15.5. The predicted octanol–water partition coefficient (Wildman–Crippen LogP) is 4.43. The lowest BCUT2D eigenvalue weighted by Crippen LogP contribution is -2.51. The zero-order chi connectivity index (χ0) is 20.4. The molecule has 0 bridgehead atoms. The Morgan fingerprint density at radius 2 is 0.793 bits per heavy atom. The fourth-order valence-corrected chi connectivity index (χ4v) is 25.0. The summed E-state index contributed by atoms with van der Waals surface area (Å²) in [5, 5.41) is 4.65. The first-order valence-electron chi connectivity index (χ1n) is 9.96. The zero-order valence-corrected chi connectivity index (χ0v) is 20.2. The Labute approximate surface area is 179 Å². The molecule has 1 fully saturated rings. The van der Waals surface area contributed by atoms with Crippen LogP contribution in [0.15, 0.2) is 91.0 Å². The van der Waals surface area contributed by atoms with Gasteiger partial charge in [-0.1, -0.05) is 106 Å². The van der Waals surface area contributed by atoms with Crippen molar-refractivity contribution < 1.29 is 0 Å². The van der Waals surface area contributed by atoms with Crippen LogP contribution in [0.5, 0.6) is 0 Å². The molecule has 2 atom stereocenters. The fraction of sp³-hybridized carbons (Fsp3) is 0.182. The van der Waals surface area contributed by atoms with Crippen molar-refractivity contribution in [3.8, 4) is 0 Å². The van der Waals surface area contributed by atoms with Crippen molar-refractivity contribution >= 4 is 51.1 Å². The quantitative estimate of drug-likeness (QED) is 0.434. The Balaban J connectivity index is 1.96. The summed E-state index contributed by atoms with van der Waals surface area (Å²) in [6.07, 6.45) is 0. The van der Waals surface area contributed by atoms with E-state index in [1.165, 1.54) is 0 Å². The molecule has 7 heteroatoms. The van der Waals surface area contributed by atoms with E-state index in [1.54, 1.807) is 15.9 Å². The fourth-order valence-electron chi connectivity index (χ4n) is 4.05. The minimum atomic E-state index is -0.340. The molecular weight excluding hydrogens is 407 g/mol. The molecule has 3 aromatic carbocycles. The van der Waals surface area contributed by atoms with E-state index in [0.717, 1.165) is 0 Å². The average Bonchev–Trinajstić information content (AvgIpc) is 3.12. The van der Waals surface area contributed by atoms with Crippen LogP contribution in [0.3, 0.4) is 0 Å². The first-order chi connectivity index (χ1) is 14.1. The van der Waals surface area contributed by atoms with Gasteiger partial charge in [0.05, 0.1) is 0 Å². The van der Waals surface area contributed by atoms with Gasteiger partial charge in [0.25, 0.3) is 12.9 Å². The summed E-state index contributed by atoms with van der Waals surface area (Å²) in [6.45, 7) is 1.08. The third kappa shape index (κ3) is 4.25. The van der Waals surface area contributed by atoms with Crippen molar-refractivity contribution in [2.24, 2.45) is 0 Å². The van der Waals surface area contributed by atoms with Crippen LogP contribution in [0.1, 0.15) is 0 Å². The van der Waals surface area contributed by atoms with E-state index < -0.39 is 0 Å². The second kappa shape index (κ2) is 9.43. The van der Waals surface area contributed by atoms with Gasteiger partial charge in [-0.05, 0) is 51.4 Å². The normalized spacial score (nSPS) is 21.9.